The number of rotatable bonds is 17. The number of carbonyl (C=O) groups is 4. The van der Waals surface area contributed by atoms with Crippen molar-refractivity contribution in [3.05, 3.63) is 204 Å². The van der Waals surface area contributed by atoms with Gasteiger partial charge in [0, 0.05) is 56.9 Å². The van der Waals surface area contributed by atoms with Crippen molar-refractivity contribution < 1.29 is 28.7 Å². The summed E-state index contributed by atoms with van der Waals surface area (Å²) in [5, 5.41) is 30.4. The number of fused-ring (bicyclic) bond motifs is 2. The number of halogens is 1. The van der Waals surface area contributed by atoms with E-state index in [0.717, 1.165) is 66.6 Å². The highest BCUT2D eigenvalue weighted by molar-refractivity contribution is 6.29. The number of pyridine rings is 2. The summed E-state index contributed by atoms with van der Waals surface area (Å²) in [4.78, 5) is 60.6. The van der Waals surface area contributed by atoms with Gasteiger partial charge in [-0.15, -0.1) is 11.6 Å². The average Bonchev–Trinajstić information content (AvgIpc) is 2.40. The quantitative estimate of drug-likeness (QED) is 0.0470. The summed E-state index contributed by atoms with van der Waals surface area (Å²) in [5.74, 6) is 2.70. The van der Waals surface area contributed by atoms with E-state index in [1.165, 1.54) is 0 Å². The number of anilines is 6. The van der Waals surface area contributed by atoms with Gasteiger partial charge in [0.1, 0.15) is 53.9 Å². The first-order chi connectivity index (χ1) is 42.1. The van der Waals surface area contributed by atoms with Gasteiger partial charge >= 0.3 is 12.1 Å². The van der Waals surface area contributed by atoms with E-state index in [1.54, 1.807) is 38.8 Å². The van der Waals surface area contributed by atoms with E-state index in [4.69, 9.17) is 31.3 Å². The average molecular weight is 1200 g/mol. The number of alkyl halides is 1. The number of aromatic nitrogens is 6. The summed E-state index contributed by atoms with van der Waals surface area (Å²) >= 11 is 5.58. The van der Waals surface area contributed by atoms with Crippen molar-refractivity contribution in [2.75, 3.05) is 58.4 Å². The standard InChI is InChI=1S/C35H39N7O3.C33H33ClN6O3/c1-23-11-13-25(14-12-23)42-32(20-30(40-42)35(2,3)4)39-34(44)37-28-15-16-29(27-10-8-7-9-26(27)28)45-22-24-17-18-36-31(19-24)38-33(43)21-41(5)6;1-21-9-11-23(12-10-21)40-30(18-28(39-40)33(2,3)4)38-32(42)36-26-13-14-27(25-8-6-5-7-24(25)26)43-20-22-15-16-35-29(17-22)37-31(41)19-34/h7-20H,21-22H2,1-6H3,(H,36,38,43)(H2,37,39,44);5-18H,19-20H2,1-4H3,(H,35,37,41)(H2,36,38,42). The van der Waals surface area contributed by atoms with E-state index in [-0.39, 0.29) is 54.3 Å². The molecule has 4 heterocycles. The second-order valence-corrected chi connectivity index (χ2v) is 23.7. The number of carbonyl (C=O) groups excluding carboxylic acids is 4. The highest BCUT2D eigenvalue weighted by Gasteiger charge is 2.24. The van der Waals surface area contributed by atoms with E-state index >= 15 is 0 Å². The van der Waals surface area contributed by atoms with Crippen molar-refractivity contribution in [1.29, 1.82) is 0 Å². The van der Waals surface area contributed by atoms with Crippen LogP contribution in [0, 0.1) is 13.8 Å². The number of hydrogen-bond donors (Lipinski definition) is 6. The predicted molar refractivity (Wildman–Crippen MR) is 351 cm³/mol. The van der Waals surface area contributed by atoms with Crippen molar-refractivity contribution in [3.63, 3.8) is 0 Å². The Balaban J connectivity index is 0.000000210. The predicted octanol–water partition coefficient (Wildman–Crippen LogP) is 14.2. The van der Waals surface area contributed by atoms with E-state index < -0.39 is 6.03 Å². The zero-order chi connectivity index (χ0) is 62.7. The fraction of sp³-hybridized carbons (Fsp3) is 0.235. The molecule has 452 valence electrons. The van der Waals surface area contributed by atoms with Crippen LogP contribution in [0.15, 0.2) is 170 Å². The zero-order valence-corrected chi connectivity index (χ0v) is 51.7. The van der Waals surface area contributed by atoms with Crippen molar-refractivity contribution in [2.24, 2.45) is 0 Å². The lowest BCUT2D eigenvalue weighted by molar-refractivity contribution is -0.117. The molecular formula is C68H72ClN13O6. The third kappa shape index (κ3) is 16.2. The smallest absolute Gasteiger partial charge is 0.324 e. The number of hydrogen-bond acceptors (Lipinski definition) is 11. The topological polar surface area (TPSA) is 224 Å². The summed E-state index contributed by atoms with van der Waals surface area (Å²) in [6.45, 7) is 17.4. The van der Waals surface area contributed by atoms with Gasteiger partial charge in [0.15, 0.2) is 0 Å². The third-order valence-corrected chi connectivity index (χ3v) is 14.1. The molecule has 0 saturated carbocycles. The van der Waals surface area contributed by atoms with Crippen molar-refractivity contribution in [1.82, 2.24) is 34.4 Å². The number of amides is 6. The van der Waals surface area contributed by atoms with Gasteiger partial charge in [-0.2, -0.15) is 10.2 Å². The minimum absolute atomic E-state index is 0.141. The number of nitrogens with one attached hydrogen (secondary N) is 6. The molecule has 0 atom stereocenters. The molecule has 0 aliphatic heterocycles. The summed E-state index contributed by atoms with van der Waals surface area (Å²) in [6.07, 6.45) is 3.24. The van der Waals surface area contributed by atoms with Crippen LogP contribution >= 0.6 is 11.6 Å². The van der Waals surface area contributed by atoms with Gasteiger partial charge in [-0.25, -0.2) is 28.9 Å². The van der Waals surface area contributed by atoms with Gasteiger partial charge in [0.05, 0.1) is 40.7 Å². The molecule has 10 rings (SSSR count). The van der Waals surface area contributed by atoms with E-state index in [9.17, 15) is 19.2 Å². The maximum absolute atomic E-state index is 13.4. The molecule has 20 heteroatoms. The van der Waals surface area contributed by atoms with Gasteiger partial charge in [-0.1, -0.05) is 125 Å². The Morgan fingerprint density at radius 1 is 0.489 bits per heavy atom. The summed E-state index contributed by atoms with van der Waals surface area (Å²) < 4.78 is 15.9. The van der Waals surface area contributed by atoms with Gasteiger partial charge < -0.3 is 35.6 Å². The first-order valence-corrected chi connectivity index (χ1v) is 29.1. The van der Waals surface area contributed by atoms with Crippen LogP contribution in [0.3, 0.4) is 0 Å². The lowest BCUT2D eigenvalue weighted by Gasteiger charge is -2.15. The van der Waals surface area contributed by atoms with Gasteiger partial charge in [-0.05, 0) is 112 Å². The number of nitrogens with zero attached hydrogens (tertiary/aromatic N) is 7. The fourth-order valence-electron chi connectivity index (χ4n) is 9.22. The molecule has 88 heavy (non-hydrogen) atoms. The van der Waals surface area contributed by atoms with Crippen LogP contribution in [0.4, 0.5) is 44.2 Å². The summed E-state index contributed by atoms with van der Waals surface area (Å²) in [6, 6.07) is 49.0. The highest BCUT2D eigenvalue weighted by Crippen LogP contribution is 2.35. The molecular weight excluding hydrogens is 1130 g/mol. The number of aryl methyl sites for hydroxylation is 2. The Morgan fingerprint density at radius 3 is 1.27 bits per heavy atom. The van der Waals surface area contributed by atoms with Crippen LogP contribution in [-0.4, -0.2) is 84.8 Å². The zero-order valence-electron chi connectivity index (χ0n) is 51.0. The molecule has 6 N–H and O–H groups in total. The van der Waals surface area contributed by atoms with Crippen LogP contribution in [0.2, 0.25) is 0 Å². The Bertz CT molecular complexity index is 4130. The van der Waals surface area contributed by atoms with Crippen LogP contribution in [0.25, 0.3) is 32.9 Å². The Hall–Kier alpha value is -10.1. The van der Waals surface area contributed by atoms with Crippen molar-refractivity contribution >= 4 is 91.7 Å². The Kier molecular flexibility index (Phi) is 19.5. The highest BCUT2D eigenvalue weighted by atomic mass is 35.5. The lowest BCUT2D eigenvalue weighted by atomic mass is 9.92. The third-order valence-electron chi connectivity index (χ3n) is 13.8. The Morgan fingerprint density at radius 2 is 0.886 bits per heavy atom. The molecule has 4 aromatic heterocycles. The van der Waals surface area contributed by atoms with Gasteiger partial charge in [-0.3, -0.25) is 20.2 Å². The lowest BCUT2D eigenvalue weighted by Crippen LogP contribution is -2.27. The van der Waals surface area contributed by atoms with Crippen LogP contribution in [-0.2, 0) is 33.6 Å². The molecule has 0 unspecified atom stereocenters. The number of urea groups is 2. The van der Waals surface area contributed by atoms with Crippen LogP contribution in [0.5, 0.6) is 11.5 Å². The molecule has 0 radical (unpaired) electrons. The normalized spacial score (nSPS) is 11.4. The van der Waals surface area contributed by atoms with Gasteiger partial charge in [0.25, 0.3) is 0 Å². The maximum atomic E-state index is 13.4. The van der Waals surface area contributed by atoms with E-state index in [2.05, 4.69) is 83.4 Å². The Labute approximate surface area is 516 Å². The molecule has 0 fully saturated rings. The molecule has 0 aliphatic carbocycles. The molecule has 6 amide bonds. The minimum atomic E-state index is -0.393. The van der Waals surface area contributed by atoms with Crippen molar-refractivity contribution in [3.8, 4) is 22.9 Å². The van der Waals surface area contributed by atoms with Gasteiger partial charge in [0.2, 0.25) is 11.8 Å². The molecule has 6 aromatic carbocycles. The van der Waals surface area contributed by atoms with E-state index in [1.807, 2.05) is 174 Å². The second kappa shape index (κ2) is 27.5. The van der Waals surface area contributed by atoms with Crippen LogP contribution in [0.1, 0.15) is 75.2 Å². The monoisotopic (exact) mass is 1200 g/mol. The summed E-state index contributed by atoms with van der Waals surface area (Å²) in [7, 11) is 3.67. The summed E-state index contributed by atoms with van der Waals surface area (Å²) in [5.41, 5.74) is 8.26. The molecule has 10 aromatic rings. The molecule has 0 saturated heterocycles. The molecule has 0 bridgehead atoms. The molecule has 0 aliphatic rings. The van der Waals surface area contributed by atoms with Crippen LogP contribution < -0.4 is 41.4 Å². The van der Waals surface area contributed by atoms with E-state index in [0.29, 0.717) is 46.1 Å². The SMILES string of the molecule is Cc1ccc(-n2nc(C(C)(C)C)cc2NC(=O)Nc2ccc(OCc3ccnc(NC(=O)CCl)c3)c3ccccc23)cc1.Cc1ccc(-n2nc(C(C)(C)C)cc2NC(=O)Nc2ccc(OCc3ccnc(NC(=O)CN(C)C)c3)c3ccccc23)cc1. The molecule has 19 nitrogen and oxygen atoms in total. The minimum Gasteiger partial charge on any atom is -0.488 e. The number of benzene rings is 6. The number of likely N-dealkylation sites (N-methyl/N-ethyl adjacent to an activating group) is 1. The number of ether oxygens (including phenoxy) is 2. The maximum Gasteiger partial charge on any atom is 0.324 e. The fourth-order valence-corrected chi connectivity index (χ4v) is 9.29. The second-order valence-electron chi connectivity index (χ2n) is 23.4. The largest absolute Gasteiger partial charge is 0.488 e. The first-order valence-electron chi connectivity index (χ1n) is 28.6. The molecule has 0 spiro atoms. The first kappa shape index (κ1) is 62.4. The van der Waals surface area contributed by atoms with Crippen molar-refractivity contribution in [2.45, 2.75) is 79.4 Å².